The maximum atomic E-state index is 4.15. The van der Waals surface area contributed by atoms with Crippen LogP contribution in [0.5, 0.6) is 0 Å². The SMILES string of the molecule is Brc1ccc2[nH]c3c(c2c1)CCC[C@H]3c1nn[nH]n1. The first-order chi connectivity index (χ1) is 9.33. The van der Waals surface area contributed by atoms with Gasteiger partial charge in [0.25, 0.3) is 0 Å². The van der Waals surface area contributed by atoms with Gasteiger partial charge in [-0.05, 0) is 43.0 Å². The van der Waals surface area contributed by atoms with Crippen LogP contribution in [0.4, 0.5) is 0 Å². The van der Waals surface area contributed by atoms with Crippen molar-refractivity contribution in [2.75, 3.05) is 0 Å². The van der Waals surface area contributed by atoms with Gasteiger partial charge in [-0.25, -0.2) is 0 Å². The average Bonchev–Trinajstić information content (AvgIpc) is 3.05. The van der Waals surface area contributed by atoms with Crippen LogP contribution in [0.25, 0.3) is 10.9 Å². The molecule has 2 N–H and O–H groups in total. The van der Waals surface area contributed by atoms with E-state index in [-0.39, 0.29) is 5.92 Å². The molecule has 0 bridgehead atoms. The zero-order chi connectivity index (χ0) is 12.8. The number of aromatic amines is 2. The van der Waals surface area contributed by atoms with Gasteiger partial charge in [0.05, 0.1) is 5.92 Å². The number of tetrazole rings is 1. The number of hydrogen-bond acceptors (Lipinski definition) is 3. The molecule has 96 valence electrons. The van der Waals surface area contributed by atoms with Gasteiger partial charge in [0.1, 0.15) is 0 Å². The van der Waals surface area contributed by atoms with Gasteiger partial charge in [-0.3, -0.25) is 0 Å². The van der Waals surface area contributed by atoms with Crippen LogP contribution in [-0.4, -0.2) is 25.6 Å². The lowest BCUT2D eigenvalue weighted by atomic mass is 9.86. The minimum Gasteiger partial charge on any atom is -0.358 e. The quantitative estimate of drug-likeness (QED) is 0.725. The van der Waals surface area contributed by atoms with E-state index in [0.717, 1.165) is 29.6 Å². The molecule has 0 aliphatic heterocycles. The number of nitrogens with zero attached hydrogens (tertiary/aromatic N) is 3. The summed E-state index contributed by atoms with van der Waals surface area (Å²) in [5.41, 5.74) is 3.83. The molecular weight excluding hydrogens is 306 g/mol. The van der Waals surface area contributed by atoms with Crippen molar-refractivity contribution in [2.24, 2.45) is 0 Å². The van der Waals surface area contributed by atoms with E-state index in [4.69, 9.17) is 0 Å². The molecule has 4 rings (SSSR count). The topological polar surface area (TPSA) is 70.2 Å². The summed E-state index contributed by atoms with van der Waals surface area (Å²) in [6, 6.07) is 6.36. The van der Waals surface area contributed by atoms with Crippen LogP contribution >= 0.6 is 15.9 Å². The highest BCUT2D eigenvalue weighted by Crippen LogP contribution is 2.38. The highest BCUT2D eigenvalue weighted by atomic mass is 79.9. The molecule has 0 fully saturated rings. The summed E-state index contributed by atoms with van der Waals surface area (Å²) >= 11 is 3.55. The van der Waals surface area contributed by atoms with Crippen LogP contribution in [0, 0.1) is 0 Å². The van der Waals surface area contributed by atoms with Crippen LogP contribution < -0.4 is 0 Å². The van der Waals surface area contributed by atoms with Crippen molar-refractivity contribution in [3.8, 4) is 0 Å². The first kappa shape index (κ1) is 11.2. The molecule has 0 unspecified atom stereocenters. The molecule has 2 aromatic heterocycles. The second kappa shape index (κ2) is 4.16. The number of nitrogens with one attached hydrogen (secondary N) is 2. The number of H-pyrrole nitrogens is 2. The largest absolute Gasteiger partial charge is 0.358 e. The standard InChI is InChI=1S/C13H12BrN5/c14-7-4-5-11-10(6-7)8-2-1-3-9(12(8)15-11)13-16-18-19-17-13/h4-6,9,15H,1-3H2,(H,16,17,18,19)/t9-/m1/s1. The summed E-state index contributed by atoms with van der Waals surface area (Å²) in [5, 5.41) is 15.8. The first-order valence-electron chi connectivity index (χ1n) is 6.36. The van der Waals surface area contributed by atoms with E-state index in [9.17, 15) is 0 Å². The van der Waals surface area contributed by atoms with Gasteiger partial charge in [0, 0.05) is 21.1 Å². The summed E-state index contributed by atoms with van der Waals surface area (Å²) < 4.78 is 1.11. The smallest absolute Gasteiger partial charge is 0.183 e. The number of aromatic nitrogens is 5. The van der Waals surface area contributed by atoms with Crippen molar-refractivity contribution in [2.45, 2.75) is 25.2 Å². The van der Waals surface area contributed by atoms with E-state index in [2.05, 4.69) is 59.7 Å². The monoisotopic (exact) mass is 317 g/mol. The van der Waals surface area contributed by atoms with Crippen molar-refractivity contribution in [1.82, 2.24) is 25.6 Å². The molecule has 0 amide bonds. The fourth-order valence-electron chi connectivity index (χ4n) is 3.01. The lowest BCUT2D eigenvalue weighted by Crippen LogP contribution is -2.12. The van der Waals surface area contributed by atoms with Gasteiger partial charge in [0.2, 0.25) is 0 Å². The van der Waals surface area contributed by atoms with Crippen LogP contribution in [0.1, 0.15) is 35.8 Å². The summed E-state index contributed by atoms with van der Waals surface area (Å²) in [6.45, 7) is 0. The van der Waals surface area contributed by atoms with Gasteiger partial charge >= 0.3 is 0 Å². The summed E-state index contributed by atoms with van der Waals surface area (Å²) in [6.07, 6.45) is 3.34. The normalized spacial score (nSPS) is 18.7. The summed E-state index contributed by atoms with van der Waals surface area (Å²) in [5.74, 6) is 1.01. The van der Waals surface area contributed by atoms with E-state index in [0.29, 0.717) is 0 Å². The molecule has 19 heavy (non-hydrogen) atoms. The summed E-state index contributed by atoms with van der Waals surface area (Å²) in [7, 11) is 0. The molecule has 1 aliphatic rings. The third-order valence-corrected chi connectivity index (χ3v) is 4.34. The zero-order valence-electron chi connectivity index (χ0n) is 10.2. The third kappa shape index (κ3) is 1.70. The molecule has 1 aromatic carbocycles. The van der Waals surface area contributed by atoms with Crippen molar-refractivity contribution >= 4 is 26.8 Å². The molecule has 6 heteroatoms. The Bertz CT molecular complexity index is 731. The van der Waals surface area contributed by atoms with E-state index in [1.165, 1.54) is 22.2 Å². The Morgan fingerprint density at radius 3 is 3.11 bits per heavy atom. The predicted molar refractivity (Wildman–Crippen MR) is 75.0 cm³/mol. The van der Waals surface area contributed by atoms with Crippen molar-refractivity contribution in [1.29, 1.82) is 0 Å². The molecular formula is C13H12BrN5. The fourth-order valence-corrected chi connectivity index (χ4v) is 3.37. The number of fused-ring (bicyclic) bond motifs is 3. The Morgan fingerprint density at radius 1 is 1.32 bits per heavy atom. The molecule has 0 radical (unpaired) electrons. The second-order valence-electron chi connectivity index (χ2n) is 4.92. The molecule has 1 atom stereocenters. The summed E-state index contributed by atoms with van der Waals surface area (Å²) in [4.78, 5) is 3.54. The minimum absolute atomic E-state index is 0.230. The Hall–Kier alpha value is -1.69. The number of halogens is 1. The Morgan fingerprint density at radius 2 is 2.26 bits per heavy atom. The Labute approximate surface area is 117 Å². The van der Waals surface area contributed by atoms with E-state index < -0.39 is 0 Å². The van der Waals surface area contributed by atoms with Crippen LogP contribution in [0.2, 0.25) is 0 Å². The van der Waals surface area contributed by atoms with Gasteiger partial charge in [0.15, 0.2) is 5.82 Å². The first-order valence-corrected chi connectivity index (χ1v) is 7.15. The predicted octanol–water partition coefficient (Wildman–Crippen LogP) is 2.91. The fraction of sp³-hybridized carbons (Fsp3) is 0.308. The number of aryl methyl sites for hydroxylation is 1. The highest BCUT2D eigenvalue weighted by molar-refractivity contribution is 9.10. The molecule has 1 aliphatic carbocycles. The maximum absolute atomic E-state index is 4.15. The molecule has 3 aromatic rings. The lowest BCUT2D eigenvalue weighted by molar-refractivity contribution is 0.583. The van der Waals surface area contributed by atoms with Gasteiger partial charge in [-0.2, -0.15) is 5.21 Å². The van der Waals surface area contributed by atoms with Crippen molar-refractivity contribution < 1.29 is 0 Å². The highest BCUT2D eigenvalue weighted by Gasteiger charge is 2.28. The minimum atomic E-state index is 0.230. The second-order valence-corrected chi connectivity index (χ2v) is 5.84. The Balaban J connectivity index is 1.94. The number of rotatable bonds is 1. The lowest BCUT2D eigenvalue weighted by Gasteiger charge is -2.19. The Kier molecular flexibility index (Phi) is 2.44. The van der Waals surface area contributed by atoms with E-state index in [1.807, 2.05) is 0 Å². The maximum Gasteiger partial charge on any atom is 0.183 e. The van der Waals surface area contributed by atoms with Gasteiger partial charge < -0.3 is 4.98 Å². The average molecular weight is 318 g/mol. The molecule has 2 heterocycles. The molecule has 0 saturated carbocycles. The molecule has 0 saturated heterocycles. The van der Waals surface area contributed by atoms with Crippen molar-refractivity contribution in [3.05, 3.63) is 39.8 Å². The third-order valence-electron chi connectivity index (χ3n) is 3.84. The van der Waals surface area contributed by atoms with Gasteiger partial charge in [-0.1, -0.05) is 21.1 Å². The molecule has 0 spiro atoms. The van der Waals surface area contributed by atoms with E-state index in [1.54, 1.807) is 0 Å². The zero-order valence-corrected chi connectivity index (χ0v) is 11.7. The number of benzene rings is 1. The van der Waals surface area contributed by atoms with E-state index >= 15 is 0 Å². The van der Waals surface area contributed by atoms with Crippen molar-refractivity contribution in [3.63, 3.8) is 0 Å². The van der Waals surface area contributed by atoms with Crippen LogP contribution in [0.15, 0.2) is 22.7 Å². The van der Waals surface area contributed by atoms with Crippen LogP contribution in [-0.2, 0) is 6.42 Å². The van der Waals surface area contributed by atoms with Crippen LogP contribution in [0.3, 0.4) is 0 Å². The van der Waals surface area contributed by atoms with Gasteiger partial charge in [-0.15, -0.1) is 10.2 Å². The molecule has 5 nitrogen and oxygen atoms in total. The number of hydrogen-bond donors (Lipinski definition) is 2.